The van der Waals surface area contributed by atoms with Crippen molar-refractivity contribution in [2.45, 2.75) is 62.3 Å². The summed E-state index contributed by atoms with van der Waals surface area (Å²) in [5.74, 6) is -6.95. The number of aldehydes is 1. The van der Waals surface area contributed by atoms with Crippen LogP contribution in [0.15, 0.2) is 65.7 Å². The zero-order valence-electron chi connectivity index (χ0n) is 44.1. The van der Waals surface area contributed by atoms with Gasteiger partial charge in [0, 0.05) is 78.3 Å². The van der Waals surface area contributed by atoms with Crippen LogP contribution in [0.2, 0.25) is 0 Å². The Hall–Kier alpha value is -7.05. The first-order valence-corrected chi connectivity index (χ1v) is 26.9. The second-order valence-electron chi connectivity index (χ2n) is 19.6. The van der Waals surface area contributed by atoms with Crippen LogP contribution in [-0.2, 0) is 56.0 Å². The number of benzene rings is 3. The Morgan fingerprint density at radius 1 is 0.722 bits per heavy atom. The quantitative estimate of drug-likeness (QED) is 0.0177. The molecule has 2 saturated heterocycles. The summed E-state index contributed by atoms with van der Waals surface area (Å²) in [6.07, 6.45) is 0.464. The number of carbonyl (C=O) groups excluding carboxylic acids is 6. The summed E-state index contributed by atoms with van der Waals surface area (Å²) in [5.41, 5.74) is 10.3. The van der Waals surface area contributed by atoms with Gasteiger partial charge in [0.25, 0.3) is 0 Å². The van der Waals surface area contributed by atoms with Crippen molar-refractivity contribution in [1.29, 1.82) is 0 Å². The normalized spacial score (nSPS) is 21.4. The molecule has 2 aliphatic rings. The molecule has 0 radical (unpaired) electrons. The third kappa shape index (κ3) is 20.6. The van der Waals surface area contributed by atoms with E-state index >= 15 is 0 Å². The van der Waals surface area contributed by atoms with Crippen molar-refractivity contribution in [1.82, 2.24) is 51.1 Å². The van der Waals surface area contributed by atoms with Crippen LogP contribution in [0.1, 0.15) is 36.8 Å². The maximum atomic E-state index is 14.9. The first kappa shape index (κ1) is 62.8. The van der Waals surface area contributed by atoms with Gasteiger partial charge in [-0.2, -0.15) is 0 Å². The number of aromatic hydroxyl groups is 1. The molecule has 27 heteroatoms. The van der Waals surface area contributed by atoms with Crippen LogP contribution in [0.5, 0.6) is 5.75 Å². The molecule has 0 saturated carbocycles. The number of amides is 5. The van der Waals surface area contributed by atoms with Gasteiger partial charge in [-0.15, -0.1) is 0 Å². The Balaban J connectivity index is 1.42. The molecule has 0 bridgehead atoms. The first-order valence-electron chi connectivity index (χ1n) is 25.8. The molecular weight excluding hydrogens is 1140 g/mol. The summed E-state index contributed by atoms with van der Waals surface area (Å²) < 4.78 is 0.433. The number of hydrogen-bond donors (Lipinski definition) is 11. The van der Waals surface area contributed by atoms with E-state index < -0.39 is 77.8 Å². The smallest absolute Gasteiger partial charge is 0.317 e. The molecule has 0 aromatic heterocycles. The van der Waals surface area contributed by atoms with E-state index in [1.54, 1.807) is 31.7 Å². The number of nitrogens with one attached hydrogen (secondary N) is 5. The number of rotatable bonds is 21. The van der Waals surface area contributed by atoms with Crippen LogP contribution in [0.25, 0.3) is 10.8 Å². The van der Waals surface area contributed by atoms with E-state index in [0.717, 1.165) is 10.8 Å². The maximum Gasteiger partial charge on any atom is 0.317 e. The highest BCUT2D eigenvalue weighted by molar-refractivity contribution is 14.1. The van der Waals surface area contributed by atoms with Gasteiger partial charge in [0.1, 0.15) is 17.8 Å². The van der Waals surface area contributed by atoms with Crippen molar-refractivity contribution < 1.29 is 63.6 Å². The highest BCUT2D eigenvalue weighted by atomic mass is 127. The van der Waals surface area contributed by atoms with Crippen molar-refractivity contribution in [3.8, 4) is 5.75 Å². The number of hydrogen-bond acceptors (Lipinski definition) is 16. The summed E-state index contributed by atoms with van der Waals surface area (Å²) in [4.78, 5) is 132. The van der Waals surface area contributed by atoms with Crippen LogP contribution in [0.4, 0.5) is 0 Å². The van der Waals surface area contributed by atoms with Gasteiger partial charge < -0.3 is 58.5 Å². The number of aliphatic carboxylic acids is 3. The van der Waals surface area contributed by atoms with E-state index in [4.69, 9.17) is 11.5 Å². The SMILES string of the molecule is CN1[C@H](CCCNC(=O)CN2CCN(CC(=O)O)CCN(CC(=O)O)CCN(CC(=O)O)CC2)C(=O)N[C@@H](CCCN=C(N)N)C(=O)N[C@@H](Cc2ccc3ccccc3c2)C(=O)NCC(=O)N[C@]1(C=O)Cc1ccc(O)c(I)c1. The number of phenols is 1. The number of carboxylic acid groups (broad SMARTS) is 3. The van der Waals surface area contributed by atoms with Crippen LogP contribution >= 0.6 is 22.6 Å². The average Bonchev–Trinajstić information content (AvgIpc) is 3.39. The lowest BCUT2D eigenvalue weighted by Gasteiger charge is -2.42. The van der Waals surface area contributed by atoms with Gasteiger partial charge in [-0.05, 0) is 89.4 Å². The maximum absolute atomic E-state index is 14.9. The molecule has 0 unspecified atom stereocenters. The minimum Gasteiger partial charge on any atom is -0.507 e. The molecule has 13 N–H and O–H groups in total. The first-order chi connectivity index (χ1) is 37.6. The molecule has 2 aliphatic heterocycles. The fraction of sp³-hybridized carbons (Fsp3) is 0.500. The van der Waals surface area contributed by atoms with E-state index in [1.165, 1.54) is 18.0 Å². The monoisotopic (exact) mass is 1210 g/mol. The Bertz CT molecular complexity index is 2650. The number of phenolic OH excluding ortho intramolecular Hbond substituents is 1. The standard InChI is InChI=1S/C52H72IN13O13/c1-62-41(9-5-14-56-44(70)29-63-16-18-64(30-45(71)72)20-22-66(32-47(75)76)23-21-65(19-17-63)31-46(73)74)50(79)59-39(8-4-15-57-51(54)55)49(78)60-40(26-34-10-12-36-6-2-3-7-37(36)24-34)48(77)58-28-43(69)61-52(62,33-67)27-35-11-13-42(68)38(53)25-35/h2-3,6-7,10-13,24-25,33,39-41,68H,4-5,8-9,14-23,26-32H2,1H3,(H,56,70)(H,58,77)(H,59,79)(H,60,78)(H,61,69)(H,71,72)(H,73,74)(H,75,76)(H4,54,55,57)/t39-,40-,41+,52+/m0/s1. The van der Waals surface area contributed by atoms with Crippen molar-refractivity contribution in [3.63, 3.8) is 0 Å². The van der Waals surface area contributed by atoms with Gasteiger partial charge >= 0.3 is 17.9 Å². The highest BCUT2D eigenvalue weighted by Gasteiger charge is 2.43. The number of nitrogens with two attached hydrogens (primary N) is 2. The molecule has 2 fully saturated rings. The second kappa shape index (κ2) is 30.9. The summed E-state index contributed by atoms with van der Waals surface area (Å²) in [7, 11) is 1.45. The van der Waals surface area contributed by atoms with E-state index in [0.29, 0.717) is 21.0 Å². The topological polar surface area (TPSA) is 375 Å². The number of halogens is 1. The minimum absolute atomic E-state index is 0.00549. The molecule has 0 aliphatic carbocycles. The highest BCUT2D eigenvalue weighted by Crippen LogP contribution is 2.26. The molecule has 5 amide bonds. The predicted molar refractivity (Wildman–Crippen MR) is 298 cm³/mol. The average molecular weight is 1210 g/mol. The van der Waals surface area contributed by atoms with Crippen LogP contribution < -0.4 is 38.1 Å². The van der Waals surface area contributed by atoms with Gasteiger partial charge in [-0.1, -0.05) is 48.5 Å². The molecule has 4 atom stereocenters. The lowest BCUT2D eigenvalue weighted by Crippen LogP contribution is -2.68. The fourth-order valence-electron chi connectivity index (χ4n) is 9.43. The van der Waals surface area contributed by atoms with Crippen molar-refractivity contribution in [3.05, 3.63) is 75.4 Å². The molecule has 0 spiro atoms. The van der Waals surface area contributed by atoms with Gasteiger partial charge in [0.15, 0.2) is 17.9 Å². The molecular formula is C52H72IN13O13. The molecule has 26 nitrogen and oxygen atoms in total. The van der Waals surface area contributed by atoms with E-state index in [1.807, 2.05) is 65.1 Å². The Kier molecular flexibility index (Phi) is 24.6. The van der Waals surface area contributed by atoms with E-state index in [9.17, 15) is 63.6 Å². The summed E-state index contributed by atoms with van der Waals surface area (Å²) in [6, 6.07) is 13.9. The molecule has 3 aromatic rings. The minimum atomic E-state index is -1.99. The van der Waals surface area contributed by atoms with Crippen LogP contribution in [0.3, 0.4) is 0 Å². The van der Waals surface area contributed by atoms with E-state index in [2.05, 4.69) is 31.6 Å². The summed E-state index contributed by atoms with van der Waals surface area (Å²) in [6.45, 7) is -0.205. The van der Waals surface area contributed by atoms with Gasteiger partial charge in [0.05, 0.1) is 42.3 Å². The Morgan fingerprint density at radius 3 is 1.84 bits per heavy atom. The molecule has 79 heavy (non-hydrogen) atoms. The third-order valence-corrected chi connectivity index (χ3v) is 14.5. The number of likely N-dealkylation sites (N-methyl/N-ethyl adjacent to an activating group) is 1. The summed E-state index contributed by atoms with van der Waals surface area (Å²) >= 11 is 1.91. The molecule has 3 aromatic carbocycles. The predicted octanol–water partition coefficient (Wildman–Crippen LogP) is -2.23. The number of guanidine groups is 1. The van der Waals surface area contributed by atoms with Gasteiger partial charge in [-0.25, -0.2) is 0 Å². The number of fused-ring (bicyclic) bond motifs is 1. The third-order valence-electron chi connectivity index (χ3n) is 13.7. The van der Waals surface area contributed by atoms with Crippen molar-refractivity contribution >= 4 is 93.1 Å². The zero-order valence-corrected chi connectivity index (χ0v) is 46.3. The Morgan fingerprint density at radius 2 is 1.28 bits per heavy atom. The number of carbonyl (C=O) groups is 9. The van der Waals surface area contributed by atoms with Crippen LogP contribution in [-0.4, -0.2) is 234 Å². The molecule has 2 heterocycles. The zero-order chi connectivity index (χ0) is 57.6. The Labute approximate surface area is 470 Å². The van der Waals surface area contributed by atoms with Gasteiger partial charge in [-0.3, -0.25) is 72.6 Å². The lowest BCUT2D eigenvalue weighted by atomic mass is 9.95. The fourth-order valence-corrected chi connectivity index (χ4v) is 10.0. The molecule has 5 rings (SSSR count). The summed E-state index contributed by atoms with van der Waals surface area (Å²) in [5, 5.41) is 54.9. The van der Waals surface area contributed by atoms with E-state index in [-0.39, 0.29) is 142 Å². The van der Waals surface area contributed by atoms with Crippen molar-refractivity contribution in [2.75, 3.05) is 105 Å². The largest absolute Gasteiger partial charge is 0.507 e. The number of nitrogens with zero attached hydrogens (tertiary/aromatic N) is 6. The van der Waals surface area contributed by atoms with Crippen molar-refractivity contribution in [2.24, 2.45) is 16.5 Å². The van der Waals surface area contributed by atoms with Gasteiger partial charge in [0.2, 0.25) is 29.5 Å². The van der Waals surface area contributed by atoms with Crippen LogP contribution in [0, 0.1) is 3.57 Å². The lowest BCUT2D eigenvalue weighted by molar-refractivity contribution is -0.141. The second-order valence-corrected chi connectivity index (χ2v) is 20.8. The molecule has 430 valence electrons. The number of aliphatic imine (C=N–C) groups is 1. The number of carboxylic acids is 3.